The molecule has 166 valence electrons. The van der Waals surface area contributed by atoms with Crippen molar-refractivity contribution >= 4 is 24.1 Å². The van der Waals surface area contributed by atoms with E-state index in [1.54, 1.807) is 59.7 Å². The number of aliphatic carboxylic acids is 1. The highest BCUT2D eigenvalue weighted by atomic mass is 16.6. The first-order chi connectivity index (χ1) is 13.6. The van der Waals surface area contributed by atoms with E-state index in [-0.39, 0.29) is 5.56 Å². The first-order valence-electron chi connectivity index (χ1n) is 9.32. The van der Waals surface area contributed by atoms with Crippen molar-refractivity contribution in [1.29, 1.82) is 0 Å². The molecule has 0 saturated heterocycles. The van der Waals surface area contributed by atoms with Gasteiger partial charge in [-0.25, -0.2) is 19.3 Å². The van der Waals surface area contributed by atoms with Gasteiger partial charge in [-0.15, -0.1) is 0 Å². The molecule has 1 aromatic carbocycles. The molecule has 0 aliphatic carbocycles. The standard InChI is InChI=1S/C21H29NO8/c1-13(23)28-16(17(24)25)15(14-11-9-8-10-12-14)22(18(26)29-20(2,3)4)19(27)30-21(5,6)7/h8-12,15-16H,1-7H3,(H,24,25)/t15-,16+/m0/s1. The molecule has 1 rings (SSSR count). The van der Waals surface area contributed by atoms with E-state index in [0.29, 0.717) is 4.90 Å². The smallest absolute Gasteiger partial charge is 0.420 e. The van der Waals surface area contributed by atoms with Crippen molar-refractivity contribution < 1.29 is 38.5 Å². The van der Waals surface area contributed by atoms with E-state index < -0.39 is 47.5 Å². The van der Waals surface area contributed by atoms with Crippen molar-refractivity contribution in [1.82, 2.24) is 4.90 Å². The fourth-order valence-corrected chi connectivity index (χ4v) is 2.46. The molecule has 1 aromatic rings. The van der Waals surface area contributed by atoms with Crippen LogP contribution < -0.4 is 0 Å². The molecule has 9 heteroatoms. The minimum atomic E-state index is -1.88. The van der Waals surface area contributed by atoms with Gasteiger partial charge in [0.25, 0.3) is 0 Å². The van der Waals surface area contributed by atoms with Gasteiger partial charge in [0.15, 0.2) is 0 Å². The van der Waals surface area contributed by atoms with Crippen molar-refractivity contribution in [2.75, 3.05) is 0 Å². The summed E-state index contributed by atoms with van der Waals surface area (Å²) in [5.74, 6) is -2.44. The van der Waals surface area contributed by atoms with Gasteiger partial charge in [-0.3, -0.25) is 4.79 Å². The summed E-state index contributed by atoms with van der Waals surface area (Å²) in [4.78, 5) is 50.0. The molecule has 0 saturated carbocycles. The normalized spacial score (nSPS) is 13.6. The molecule has 30 heavy (non-hydrogen) atoms. The van der Waals surface area contributed by atoms with E-state index in [1.807, 2.05) is 0 Å². The molecule has 0 radical (unpaired) electrons. The number of carboxylic acid groups (broad SMARTS) is 1. The number of benzene rings is 1. The summed E-state index contributed by atoms with van der Waals surface area (Å²) < 4.78 is 15.6. The second kappa shape index (κ2) is 9.60. The lowest BCUT2D eigenvalue weighted by Gasteiger charge is -2.35. The largest absolute Gasteiger partial charge is 0.478 e. The van der Waals surface area contributed by atoms with Crippen LogP contribution in [0.2, 0.25) is 0 Å². The van der Waals surface area contributed by atoms with E-state index in [4.69, 9.17) is 14.2 Å². The molecule has 0 unspecified atom stereocenters. The summed E-state index contributed by atoms with van der Waals surface area (Å²) >= 11 is 0. The summed E-state index contributed by atoms with van der Waals surface area (Å²) in [5, 5.41) is 9.72. The highest BCUT2D eigenvalue weighted by molar-refractivity contribution is 5.90. The summed E-state index contributed by atoms with van der Waals surface area (Å²) in [6.45, 7) is 10.6. The van der Waals surface area contributed by atoms with Crippen LogP contribution in [0.3, 0.4) is 0 Å². The third-order valence-electron chi connectivity index (χ3n) is 3.42. The van der Waals surface area contributed by atoms with Crippen molar-refractivity contribution in [3.8, 4) is 0 Å². The van der Waals surface area contributed by atoms with Crippen LogP contribution in [-0.4, -0.2) is 51.4 Å². The lowest BCUT2D eigenvalue weighted by atomic mass is 9.99. The van der Waals surface area contributed by atoms with E-state index in [2.05, 4.69) is 0 Å². The minimum Gasteiger partial charge on any atom is -0.478 e. The molecule has 0 spiro atoms. The Morgan fingerprint density at radius 3 is 1.63 bits per heavy atom. The van der Waals surface area contributed by atoms with E-state index in [1.165, 1.54) is 12.1 Å². The van der Waals surface area contributed by atoms with Crippen LogP contribution in [0, 0.1) is 0 Å². The Kier molecular flexibility index (Phi) is 7.98. The second-order valence-corrected chi connectivity index (χ2v) is 8.55. The monoisotopic (exact) mass is 423 g/mol. The zero-order chi connectivity index (χ0) is 23.3. The van der Waals surface area contributed by atoms with Gasteiger partial charge in [0.2, 0.25) is 6.10 Å². The van der Waals surface area contributed by atoms with Gasteiger partial charge in [-0.1, -0.05) is 30.3 Å². The predicted molar refractivity (Wildman–Crippen MR) is 107 cm³/mol. The Balaban J connectivity index is 3.64. The lowest BCUT2D eigenvalue weighted by Crippen LogP contribution is -2.51. The average molecular weight is 423 g/mol. The first kappa shape index (κ1) is 24.9. The number of hydrogen-bond acceptors (Lipinski definition) is 7. The Labute approximate surface area is 175 Å². The zero-order valence-corrected chi connectivity index (χ0v) is 18.3. The van der Waals surface area contributed by atoms with Gasteiger partial charge in [-0.05, 0) is 47.1 Å². The Hall–Kier alpha value is -3.10. The number of carboxylic acids is 1. The number of imide groups is 1. The average Bonchev–Trinajstić information content (AvgIpc) is 2.54. The fraction of sp³-hybridized carbons (Fsp3) is 0.524. The minimum absolute atomic E-state index is 0.239. The van der Waals surface area contributed by atoms with Gasteiger partial charge in [0.1, 0.15) is 17.2 Å². The second-order valence-electron chi connectivity index (χ2n) is 8.55. The van der Waals surface area contributed by atoms with E-state index in [9.17, 15) is 24.3 Å². The molecule has 0 heterocycles. The Morgan fingerprint density at radius 1 is 0.867 bits per heavy atom. The topological polar surface area (TPSA) is 119 Å². The van der Waals surface area contributed by atoms with Crippen LogP contribution in [0.5, 0.6) is 0 Å². The van der Waals surface area contributed by atoms with Gasteiger partial charge in [-0.2, -0.15) is 0 Å². The van der Waals surface area contributed by atoms with Crippen LogP contribution >= 0.6 is 0 Å². The molecular formula is C21H29NO8. The highest BCUT2D eigenvalue weighted by Crippen LogP contribution is 2.30. The molecule has 0 fully saturated rings. The van der Waals surface area contributed by atoms with Crippen molar-refractivity contribution in [2.45, 2.75) is 71.8 Å². The summed E-state index contributed by atoms with van der Waals surface area (Å²) in [6.07, 6.45) is -4.15. The van der Waals surface area contributed by atoms with Crippen molar-refractivity contribution in [2.24, 2.45) is 0 Å². The number of amides is 2. The van der Waals surface area contributed by atoms with Gasteiger partial charge < -0.3 is 19.3 Å². The SMILES string of the molecule is CC(=O)O[C@@H](C(=O)O)[C@H](c1ccccc1)N(C(=O)OC(C)(C)C)C(=O)OC(C)(C)C. The number of carbonyl (C=O) groups is 4. The van der Waals surface area contributed by atoms with Crippen LogP contribution in [-0.2, 0) is 23.8 Å². The molecule has 0 aliphatic rings. The van der Waals surface area contributed by atoms with Crippen LogP contribution in [0.25, 0.3) is 0 Å². The van der Waals surface area contributed by atoms with Crippen molar-refractivity contribution in [3.05, 3.63) is 35.9 Å². The van der Waals surface area contributed by atoms with Gasteiger partial charge in [0, 0.05) is 6.92 Å². The maximum absolute atomic E-state index is 13.0. The maximum Gasteiger partial charge on any atom is 0.420 e. The molecule has 0 aliphatic heterocycles. The maximum atomic E-state index is 13.0. The van der Waals surface area contributed by atoms with Gasteiger partial charge in [0.05, 0.1) is 0 Å². The number of nitrogens with zero attached hydrogens (tertiary/aromatic N) is 1. The summed E-state index contributed by atoms with van der Waals surface area (Å²) in [5.41, 5.74) is -1.74. The molecule has 2 amide bonds. The number of carbonyl (C=O) groups excluding carboxylic acids is 3. The fourth-order valence-electron chi connectivity index (χ4n) is 2.46. The molecular weight excluding hydrogens is 394 g/mol. The molecule has 2 atom stereocenters. The first-order valence-corrected chi connectivity index (χ1v) is 9.32. The number of esters is 1. The molecule has 0 bridgehead atoms. The quantitative estimate of drug-likeness (QED) is 0.559. The summed E-state index contributed by atoms with van der Waals surface area (Å²) in [7, 11) is 0. The molecule has 0 aromatic heterocycles. The number of rotatable bonds is 5. The molecule has 9 nitrogen and oxygen atoms in total. The van der Waals surface area contributed by atoms with Crippen LogP contribution in [0.1, 0.15) is 60.1 Å². The predicted octanol–water partition coefficient (Wildman–Crippen LogP) is 3.92. The zero-order valence-electron chi connectivity index (χ0n) is 18.3. The lowest BCUT2D eigenvalue weighted by molar-refractivity contribution is -0.167. The third kappa shape index (κ3) is 7.73. The number of ether oxygens (including phenoxy) is 3. The van der Waals surface area contributed by atoms with Crippen LogP contribution in [0.4, 0.5) is 9.59 Å². The van der Waals surface area contributed by atoms with Crippen LogP contribution in [0.15, 0.2) is 30.3 Å². The number of hydrogen-bond donors (Lipinski definition) is 1. The van der Waals surface area contributed by atoms with E-state index >= 15 is 0 Å². The Bertz CT molecular complexity index is 748. The summed E-state index contributed by atoms with van der Waals surface area (Å²) in [6, 6.07) is 6.34. The molecule has 1 N–H and O–H groups in total. The highest BCUT2D eigenvalue weighted by Gasteiger charge is 2.45. The third-order valence-corrected chi connectivity index (χ3v) is 3.42. The van der Waals surface area contributed by atoms with Crippen molar-refractivity contribution in [3.63, 3.8) is 0 Å². The Morgan fingerprint density at radius 2 is 1.30 bits per heavy atom. The van der Waals surface area contributed by atoms with Gasteiger partial charge >= 0.3 is 24.1 Å². The van der Waals surface area contributed by atoms with E-state index in [0.717, 1.165) is 6.92 Å².